The first-order valence-corrected chi connectivity index (χ1v) is 18.6. The highest BCUT2D eigenvalue weighted by Gasteiger charge is 2.40. The number of methoxy groups -OCH3 is 1. The highest BCUT2D eigenvalue weighted by atomic mass is 79.9. The SMILES string of the molecule is COc1cc(N2CCC(N3C[C@H]4COC[C@H]4C3)CC2)c(C)cc1Nc1ncc(Br)c(Nc2ccc3nccnc3c2P(C)C)n1. The first kappa shape index (κ1) is 30.5. The fraction of sp³-hybridized carbons (Fsp3) is 0.455. The van der Waals surface area contributed by atoms with E-state index in [-0.39, 0.29) is 0 Å². The first-order valence-electron chi connectivity index (χ1n) is 15.6. The largest absolute Gasteiger partial charge is 0.494 e. The lowest BCUT2D eigenvalue weighted by atomic mass is 10.0. The van der Waals surface area contributed by atoms with Gasteiger partial charge in [0.2, 0.25) is 5.95 Å². The van der Waals surface area contributed by atoms with Crippen LogP contribution in [0.25, 0.3) is 11.0 Å². The molecule has 5 heterocycles. The quantitative estimate of drug-likeness (QED) is 0.217. The Labute approximate surface area is 274 Å². The van der Waals surface area contributed by atoms with Gasteiger partial charge in [0.15, 0.2) is 0 Å². The van der Waals surface area contributed by atoms with E-state index in [1.807, 2.05) is 6.07 Å². The Balaban J connectivity index is 1.07. The number of rotatable bonds is 8. The molecule has 0 bridgehead atoms. The second-order valence-corrected chi connectivity index (χ2v) is 15.6. The third-order valence-corrected chi connectivity index (χ3v) is 11.3. The number of nitrogens with zero attached hydrogens (tertiary/aromatic N) is 6. The van der Waals surface area contributed by atoms with Gasteiger partial charge >= 0.3 is 0 Å². The molecule has 2 atom stereocenters. The third kappa shape index (κ3) is 6.20. The van der Waals surface area contributed by atoms with E-state index >= 15 is 0 Å². The lowest BCUT2D eigenvalue weighted by Crippen LogP contribution is -2.44. The number of hydrogen-bond donors (Lipinski definition) is 2. The molecule has 0 saturated carbocycles. The number of likely N-dealkylation sites (tertiary alicyclic amines) is 1. The monoisotopic (exact) mass is 690 g/mol. The van der Waals surface area contributed by atoms with Gasteiger partial charge in [0, 0.05) is 85.4 Å². The van der Waals surface area contributed by atoms with Crippen molar-refractivity contribution >= 4 is 69.0 Å². The van der Waals surface area contributed by atoms with Gasteiger partial charge in [-0.25, -0.2) is 4.98 Å². The summed E-state index contributed by atoms with van der Waals surface area (Å²) < 4.78 is 12.3. The lowest BCUT2D eigenvalue weighted by molar-refractivity contribution is 0.130. The van der Waals surface area contributed by atoms with Gasteiger partial charge in [0.1, 0.15) is 11.6 Å². The van der Waals surface area contributed by atoms with E-state index in [2.05, 4.69) is 89.8 Å². The van der Waals surface area contributed by atoms with Crippen LogP contribution in [-0.2, 0) is 4.74 Å². The Kier molecular flexibility index (Phi) is 8.79. The molecular formula is C33H40BrN8O2P. The molecule has 10 nitrogen and oxygen atoms in total. The molecule has 0 amide bonds. The number of nitrogens with one attached hydrogen (secondary N) is 2. The molecule has 3 fully saturated rings. The van der Waals surface area contributed by atoms with Crippen molar-refractivity contribution in [2.45, 2.75) is 25.8 Å². The second kappa shape index (κ2) is 12.9. The van der Waals surface area contributed by atoms with Gasteiger partial charge in [0.05, 0.1) is 41.5 Å². The Morgan fingerprint density at radius 1 is 0.978 bits per heavy atom. The molecule has 3 aliphatic heterocycles. The van der Waals surface area contributed by atoms with Crippen molar-refractivity contribution in [3.63, 3.8) is 0 Å². The summed E-state index contributed by atoms with van der Waals surface area (Å²) in [4.78, 5) is 23.8. The summed E-state index contributed by atoms with van der Waals surface area (Å²) >= 11 is 3.64. The summed E-state index contributed by atoms with van der Waals surface area (Å²) in [5.74, 6) is 3.39. The third-order valence-electron chi connectivity index (χ3n) is 9.41. The van der Waals surface area contributed by atoms with E-state index in [4.69, 9.17) is 14.5 Å². The topological polar surface area (TPSA) is 101 Å². The number of anilines is 5. The zero-order valence-corrected chi connectivity index (χ0v) is 28.7. The number of benzene rings is 2. The molecular weight excluding hydrogens is 651 g/mol. The molecule has 0 aliphatic carbocycles. The number of hydrogen-bond acceptors (Lipinski definition) is 10. The molecule has 2 aromatic heterocycles. The number of halogens is 1. The van der Waals surface area contributed by atoms with Crippen LogP contribution in [0.1, 0.15) is 18.4 Å². The van der Waals surface area contributed by atoms with Crippen molar-refractivity contribution in [2.75, 3.05) is 75.4 Å². The lowest BCUT2D eigenvalue weighted by Gasteiger charge is -2.39. The predicted octanol–water partition coefficient (Wildman–Crippen LogP) is 5.90. The molecule has 0 radical (unpaired) electrons. The predicted molar refractivity (Wildman–Crippen MR) is 187 cm³/mol. The minimum absolute atomic E-state index is 0.463. The van der Waals surface area contributed by atoms with Crippen molar-refractivity contribution in [3.8, 4) is 5.75 Å². The van der Waals surface area contributed by atoms with Gasteiger partial charge < -0.3 is 25.0 Å². The summed E-state index contributed by atoms with van der Waals surface area (Å²) in [5, 5.41) is 8.10. The molecule has 12 heteroatoms. The summed E-state index contributed by atoms with van der Waals surface area (Å²) in [6, 6.07) is 9.01. The molecule has 236 valence electrons. The van der Waals surface area contributed by atoms with Crippen molar-refractivity contribution in [2.24, 2.45) is 11.8 Å². The minimum Gasteiger partial charge on any atom is -0.494 e. The van der Waals surface area contributed by atoms with E-state index in [9.17, 15) is 0 Å². The van der Waals surface area contributed by atoms with Crippen LogP contribution in [0.2, 0.25) is 0 Å². The van der Waals surface area contributed by atoms with Gasteiger partial charge in [0.25, 0.3) is 0 Å². The molecule has 0 unspecified atom stereocenters. The molecule has 3 saturated heterocycles. The summed E-state index contributed by atoms with van der Waals surface area (Å²) in [6.07, 6.45) is 7.61. The summed E-state index contributed by atoms with van der Waals surface area (Å²) in [6.45, 7) is 13.0. The standard InChI is InChI=1S/C33H40BrN8O2P/c1-20-13-27(29(43-2)14-28(20)41-11-7-23(8-12-41)42-16-21-18-44-19-22(21)17-42)39-33-37-15-24(34)32(40-33)38-26-6-5-25-30(31(26)45(3)4)36-10-9-35-25/h5-6,9-10,13-15,21-23H,7-8,11-12,16-19H2,1-4H3,(H2,37,38,39,40)/t21-,22+. The average molecular weight is 692 g/mol. The molecule has 2 N–H and O–H groups in total. The van der Waals surface area contributed by atoms with E-state index in [0.717, 1.165) is 76.1 Å². The van der Waals surface area contributed by atoms with Crippen LogP contribution in [0.4, 0.5) is 28.8 Å². The number of fused-ring (bicyclic) bond motifs is 2. The maximum absolute atomic E-state index is 5.88. The minimum atomic E-state index is -0.463. The Bertz CT molecular complexity index is 1690. The van der Waals surface area contributed by atoms with Crippen molar-refractivity contribution in [1.29, 1.82) is 0 Å². The fourth-order valence-corrected chi connectivity index (χ4v) is 8.61. The molecule has 2 aromatic carbocycles. The fourth-order valence-electron chi connectivity index (χ4n) is 7.12. The number of piperidine rings is 1. The van der Waals surface area contributed by atoms with E-state index in [1.165, 1.54) is 37.2 Å². The number of ether oxygens (including phenoxy) is 2. The first-order chi connectivity index (χ1) is 21.9. The number of aryl methyl sites for hydroxylation is 1. The Morgan fingerprint density at radius 2 is 1.73 bits per heavy atom. The maximum Gasteiger partial charge on any atom is 0.229 e. The van der Waals surface area contributed by atoms with E-state index < -0.39 is 7.92 Å². The molecule has 4 aromatic rings. The average Bonchev–Trinajstić information content (AvgIpc) is 3.66. The molecule has 0 spiro atoms. The van der Waals surface area contributed by atoms with E-state index in [0.29, 0.717) is 17.8 Å². The van der Waals surface area contributed by atoms with Gasteiger partial charge in [-0.1, -0.05) is 7.92 Å². The van der Waals surface area contributed by atoms with Crippen molar-refractivity contribution in [3.05, 3.63) is 52.9 Å². The van der Waals surface area contributed by atoms with Crippen LogP contribution < -0.4 is 25.6 Å². The van der Waals surface area contributed by atoms with Crippen LogP contribution in [0.3, 0.4) is 0 Å². The number of aromatic nitrogens is 4. The van der Waals surface area contributed by atoms with Crippen LogP contribution in [0.15, 0.2) is 47.3 Å². The summed E-state index contributed by atoms with van der Waals surface area (Å²) in [5.41, 5.74) is 6.02. The second-order valence-electron chi connectivity index (χ2n) is 12.5. The molecule has 7 rings (SSSR count). The van der Waals surface area contributed by atoms with Crippen LogP contribution in [0, 0.1) is 18.8 Å². The van der Waals surface area contributed by atoms with Crippen molar-refractivity contribution < 1.29 is 9.47 Å². The highest BCUT2D eigenvalue weighted by Crippen LogP contribution is 2.38. The summed E-state index contributed by atoms with van der Waals surface area (Å²) in [7, 11) is 1.25. The highest BCUT2D eigenvalue weighted by molar-refractivity contribution is 9.10. The van der Waals surface area contributed by atoms with Crippen LogP contribution in [-0.4, -0.2) is 90.7 Å². The molecule has 3 aliphatic rings. The van der Waals surface area contributed by atoms with Gasteiger partial charge in [-0.15, -0.1) is 0 Å². The smallest absolute Gasteiger partial charge is 0.229 e. The zero-order chi connectivity index (χ0) is 31.1. The Hall–Kier alpha value is -3.11. The van der Waals surface area contributed by atoms with Gasteiger partial charge in [-0.2, -0.15) is 4.98 Å². The van der Waals surface area contributed by atoms with Gasteiger partial charge in [-0.3, -0.25) is 14.9 Å². The zero-order valence-electron chi connectivity index (χ0n) is 26.3. The van der Waals surface area contributed by atoms with Crippen LogP contribution >= 0.6 is 23.9 Å². The molecule has 45 heavy (non-hydrogen) atoms. The maximum atomic E-state index is 5.88. The van der Waals surface area contributed by atoms with Crippen LogP contribution in [0.5, 0.6) is 5.75 Å². The van der Waals surface area contributed by atoms with Crippen molar-refractivity contribution in [1.82, 2.24) is 24.8 Å². The van der Waals surface area contributed by atoms with E-state index in [1.54, 1.807) is 25.7 Å². The van der Waals surface area contributed by atoms with Gasteiger partial charge in [-0.05, 0) is 72.8 Å². The normalized spacial score (nSPS) is 20.6. The Morgan fingerprint density at radius 3 is 2.47 bits per heavy atom.